The van der Waals surface area contributed by atoms with Gasteiger partial charge in [0.25, 0.3) is 5.91 Å². The summed E-state index contributed by atoms with van der Waals surface area (Å²) in [5.74, 6) is 2.34. The van der Waals surface area contributed by atoms with E-state index in [2.05, 4.69) is 20.6 Å². The lowest BCUT2D eigenvalue weighted by Crippen LogP contribution is -2.17. The molecule has 0 spiro atoms. The molecule has 0 aliphatic heterocycles. The van der Waals surface area contributed by atoms with Gasteiger partial charge in [0.15, 0.2) is 0 Å². The van der Waals surface area contributed by atoms with E-state index in [0.29, 0.717) is 28.8 Å². The fraction of sp³-hybridized carbons (Fsp3) is 0.190. The van der Waals surface area contributed by atoms with Crippen molar-refractivity contribution in [2.45, 2.75) is 26.8 Å². The first-order valence-corrected chi connectivity index (χ1v) is 8.76. The molecule has 0 atom stereocenters. The second kappa shape index (κ2) is 8.31. The number of hydrogen-bond donors (Lipinski definition) is 2. The van der Waals surface area contributed by atoms with Gasteiger partial charge < -0.3 is 15.4 Å². The molecule has 0 radical (unpaired) electrons. The summed E-state index contributed by atoms with van der Waals surface area (Å²) in [6.45, 7) is 5.78. The van der Waals surface area contributed by atoms with Crippen LogP contribution in [0.1, 0.15) is 30.2 Å². The first-order valence-electron chi connectivity index (χ1n) is 8.76. The molecule has 0 saturated carbocycles. The first-order chi connectivity index (χ1) is 13.0. The topological polar surface area (TPSA) is 76.1 Å². The highest BCUT2D eigenvalue weighted by atomic mass is 16.5. The van der Waals surface area contributed by atoms with E-state index in [4.69, 9.17) is 4.74 Å². The van der Waals surface area contributed by atoms with Gasteiger partial charge in [0.2, 0.25) is 0 Å². The van der Waals surface area contributed by atoms with Crippen LogP contribution in [0, 0.1) is 6.92 Å². The van der Waals surface area contributed by atoms with Crippen molar-refractivity contribution < 1.29 is 9.53 Å². The highest BCUT2D eigenvalue weighted by Gasteiger charge is 2.11. The van der Waals surface area contributed by atoms with Gasteiger partial charge in [-0.15, -0.1) is 0 Å². The summed E-state index contributed by atoms with van der Waals surface area (Å²) in [6.07, 6.45) is 0. The SMILES string of the molecule is Cc1nc(NC(C)C)cc(C(=O)Nc2ccc(Oc3ccccc3)cc2)n1. The van der Waals surface area contributed by atoms with Crippen molar-refractivity contribution in [3.05, 3.63) is 72.2 Å². The second-order valence-corrected chi connectivity index (χ2v) is 6.38. The van der Waals surface area contributed by atoms with Gasteiger partial charge in [0.05, 0.1) is 0 Å². The molecule has 2 aromatic carbocycles. The van der Waals surface area contributed by atoms with Gasteiger partial charge in [-0.05, 0) is 57.2 Å². The van der Waals surface area contributed by atoms with Crippen LogP contribution >= 0.6 is 0 Å². The molecule has 3 aromatic rings. The van der Waals surface area contributed by atoms with E-state index in [1.165, 1.54) is 0 Å². The molecule has 1 aromatic heterocycles. The molecule has 0 unspecified atom stereocenters. The summed E-state index contributed by atoms with van der Waals surface area (Å²) in [5, 5.41) is 6.03. The summed E-state index contributed by atoms with van der Waals surface area (Å²) in [6, 6.07) is 18.6. The van der Waals surface area contributed by atoms with Crippen LogP contribution in [-0.2, 0) is 0 Å². The number of ether oxygens (including phenoxy) is 1. The van der Waals surface area contributed by atoms with Crippen LogP contribution in [0.2, 0.25) is 0 Å². The van der Waals surface area contributed by atoms with E-state index in [1.54, 1.807) is 37.3 Å². The van der Waals surface area contributed by atoms with Crippen molar-refractivity contribution in [2.75, 3.05) is 10.6 Å². The minimum absolute atomic E-state index is 0.215. The maximum Gasteiger partial charge on any atom is 0.274 e. The predicted octanol–water partition coefficient (Wildman–Crippen LogP) is 4.65. The van der Waals surface area contributed by atoms with Gasteiger partial charge >= 0.3 is 0 Å². The lowest BCUT2D eigenvalue weighted by molar-refractivity contribution is 0.102. The molecule has 6 nitrogen and oxygen atoms in total. The number of amides is 1. The number of anilines is 2. The molecule has 0 fully saturated rings. The Balaban J connectivity index is 1.68. The largest absolute Gasteiger partial charge is 0.457 e. The lowest BCUT2D eigenvalue weighted by atomic mass is 10.2. The molecule has 138 valence electrons. The minimum Gasteiger partial charge on any atom is -0.457 e. The number of aryl methyl sites for hydroxylation is 1. The quantitative estimate of drug-likeness (QED) is 0.667. The summed E-state index contributed by atoms with van der Waals surface area (Å²) < 4.78 is 5.75. The molecule has 0 aliphatic rings. The van der Waals surface area contributed by atoms with Crippen LogP contribution in [0.4, 0.5) is 11.5 Å². The van der Waals surface area contributed by atoms with Crippen molar-refractivity contribution in [3.8, 4) is 11.5 Å². The Hall–Kier alpha value is -3.41. The first kappa shape index (κ1) is 18.4. The van der Waals surface area contributed by atoms with Crippen molar-refractivity contribution in [3.63, 3.8) is 0 Å². The van der Waals surface area contributed by atoms with Crippen molar-refractivity contribution >= 4 is 17.4 Å². The van der Waals surface area contributed by atoms with Gasteiger partial charge in [-0.2, -0.15) is 0 Å². The Morgan fingerprint density at radius 3 is 2.30 bits per heavy atom. The summed E-state index contributed by atoms with van der Waals surface area (Å²) in [7, 11) is 0. The molecule has 2 N–H and O–H groups in total. The molecular weight excluding hydrogens is 340 g/mol. The second-order valence-electron chi connectivity index (χ2n) is 6.38. The van der Waals surface area contributed by atoms with Gasteiger partial charge in [0.1, 0.15) is 28.8 Å². The number of nitrogens with one attached hydrogen (secondary N) is 2. The Morgan fingerprint density at radius 1 is 0.963 bits per heavy atom. The third-order valence-electron chi connectivity index (χ3n) is 3.60. The summed E-state index contributed by atoms with van der Waals surface area (Å²) >= 11 is 0. The highest BCUT2D eigenvalue weighted by Crippen LogP contribution is 2.23. The third kappa shape index (κ3) is 5.28. The molecule has 27 heavy (non-hydrogen) atoms. The summed E-state index contributed by atoms with van der Waals surface area (Å²) in [5.41, 5.74) is 0.977. The van der Waals surface area contributed by atoms with Crippen LogP contribution in [0.5, 0.6) is 11.5 Å². The van der Waals surface area contributed by atoms with E-state index in [0.717, 1.165) is 5.75 Å². The zero-order valence-corrected chi connectivity index (χ0v) is 15.6. The molecule has 0 saturated heterocycles. The third-order valence-corrected chi connectivity index (χ3v) is 3.60. The fourth-order valence-electron chi connectivity index (χ4n) is 2.48. The molecule has 3 rings (SSSR count). The van der Waals surface area contributed by atoms with Crippen LogP contribution in [-0.4, -0.2) is 21.9 Å². The van der Waals surface area contributed by atoms with E-state index in [1.807, 2.05) is 44.2 Å². The Morgan fingerprint density at radius 2 is 1.63 bits per heavy atom. The number of carbonyl (C=O) groups is 1. The van der Waals surface area contributed by atoms with E-state index < -0.39 is 0 Å². The number of benzene rings is 2. The van der Waals surface area contributed by atoms with Crippen molar-refractivity contribution in [1.82, 2.24) is 9.97 Å². The smallest absolute Gasteiger partial charge is 0.274 e. The number of nitrogens with zero attached hydrogens (tertiary/aromatic N) is 2. The average Bonchev–Trinajstić information content (AvgIpc) is 2.63. The Kier molecular flexibility index (Phi) is 5.66. The lowest BCUT2D eigenvalue weighted by Gasteiger charge is -2.11. The number of para-hydroxylation sites is 1. The van der Waals surface area contributed by atoms with Gasteiger partial charge in [-0.3, -0.25) is 4.79 Å². The van der Waals surface area contributed by atoms with Gasteiger partial charge in [-0.1, -0.05) is 18.2 Å². The van der Waals surface area contributed by atoms with E-state index >= 15 is 0 Å². The van der Waals surface area contributed by atoms with Crippen molar-refractivity contribution in [2.24, 2.45) is 0 Å². The molecule has 0 bridgehead atoms. The van der Waals surface area contributed by atoms with Gasteiger partial charge in [0, 0.05) is 17.8 Å². The standard InChI is InChI=1S/C21H22N4O2/c1-14(2)22-20-13-19(23-15(3)24-20)21(26)25-16-9-11-18(12-10-16)27-17-7-5-4-6-8-17/h4-14H,1-3H3,(H,25,26)(H,22,23,24). The molecular formula is C21H22N4O2. The molecule has 6 heteroatoms. The van der Waals surface area contributed by atoms with Crippen LogP contribution in [0.3, 0.4) is 0 Å². The van der Waals surface area contributed by atoms with Gasteiger partial charge in [-0.25, -0.2) is 9.97 Å². The molecule has 1 amide bonds. The molecule has 1 heterocycles. The number of hydrogen-bond acceptors (Lipinski definition) is 5. The monoisotopic (exact) mass is 362 g/mol. The van der Waals surface area contributed by atoms with Crippen LogP contribution in [0.25, 0.3) is 0 Å². The zero-order chi connectivity index (χ0) is 19.2. The van der Waals surface area contributed by atoms with Crippen LogP contribution in [0.15, 0.2) is 60.7 Å². The Bertz CT molecular complexity index is 909. The summed E-state index contributed by atoms with van der Waals surface area (Å²) in [4.78, 5) is 21.0. The Labute approximate surface area is 158 Å². The number of aromatic nitrogens is 2. The highest BCUT2D eigenvalue weighted by molar-refractivity contribution is 6.03. The van der Waals surface area contributed by atoms with E-state index in [-0.39, 0.29) is 11.9 Å². The van der Waals surface area contributed by atoms with E-state index in [9.17, 15) is 4.79 Å². The normalized spacial score (nSPS) is 10.5. The zero-order valence-electron chi connectivity index (χ0n) is 15.6. The molecule has 0 aliphatic carbocycles. The minimum atomic E-state index is -0.288. The average molecular weight is 362 g/mol. The number of rotatable bonds is 6. The maximum atomic E-state index is 12.5. The van der Waals surface area contributed by atoms with Crippen molar-refractivity contribution in [1.29, 1.82) is 0 Å². The fourth-order valence-corrected chi connectivity index (χ4v) is 2.48. The van der Waals surface area contributed by atoms with Crippen LogP contribution < -0.4 is 15.4 Å². The maximum absolute atomic E-state index is 12.5. The predicted molar refractivity (Wildman–Crippen MR) is 106 cm³/mol. The number of carbonyl (C=O) groups excluding carboxylic acids is 1.